The number of fused-ring (bicyclic) bond motifs is 1. The maximum atomic E-state index is 11.2. The van der Waals surface area contributed by atoms with E-state index in [0.717, 1.165) is 0 Å². The maximum Gasteiger partial charge on any atom is 0.137 e. The second-order valence-electron chi connectivity index (χ2n) is 3.27. The van der Waals surface area contributed by atoms with Crippen molar-refractivity contribution in [3.8, 4) is 5.75 Å². The van der Waals surface area contributed by atoms with Gasteiger partial charge < -0.3 is 9.29 Å². The molecule has 0 fully saturated rings. The molecule has 0 saturated heterocycles. The molecular formula is C11H9O4S-. The van der Waals surface area contributed by atoms with E-state index in [1.807, 2.05) is 0 Å². The Bertz CT molecular complexity index is 631. The smallest absolute Gasteiger partial charge is 0.137 e. The molecule has 0 heterocycles. The van der Waals surface area contributed by atoms with Crippen LogP contribution < -0.4 is 4.74 Å². The SMILES string of the molecule is COc1ccc2ccccc2c1S(=O)(=O)[O-]. The van der Waals surface area contributed by atoms with Crippen LogP contribution in [-0.2, 0) is 10.1 Å². The third-order valence-corrected chi connectivity index (χ3v) is 3.23. The van der Waals surface area contributed by atoms with Gasteiger partial charge in [-0.2, -0.15) is 0 Å². The average Bonchev–Trinajstić information content (AvgIpc) is 2.26. The third kappa shape index (κ3) is 1.75. The largest absolute Gasteiger partial charge is 0.744 e. The molecule has 84 valence electrons. The lowest BCUT2D eigenvalue weighted by Gasteiger charge is -2.14. The van der Waals surface area contributed by atoms with E-state index in [2.05, 4.69) is 0 Å². The van der Waals surface area contributed by atoms with Crippen molar-refractivity contribution in [3.63, 3.8) is 0 Å². The molecule has 0 spiro atoms. The van der Waals surface area contributed by atoms with Gasteiger partial charge in [-0.1, -0.05) is 30.3 Å². The van der Waals surface area contributed by atoms with Gasteiger partial charge in [0.1, 0.15) is 20.8 Å². The van der Waals surface area contributed by atoms with Crippen molar-refractivity contribution in [1.82, 2.24) is 0 Å². The summed E-state index contributed by atoms with van der Waals surface area (Å²) in [5.74, 6) is 0.0775. The summed E-state index contributed by atoms with van der Waals surface area (Å²) in [6.45, 7) is 0. The van der Waals surface area contributed by atoms with Crippen molar-refractivity contribution in [2.45, 2.75) is 4.90 Å². The molecule has 2 aromatic carbocycles. The fourth-order valence-electron chi connectivity index (χ4n) is 1.64. The normalized spacial score (nSPS) is 11.6. The average molecular weight is 237 g/mol. The van der Waals surface area contributed by atoms with Crippen LogP contribution in [0.4, 0.5) is 0 Å². The van der Waals surface area contributed by atoms with Crippen molar-refractivity contribution in [2.24, 2.45) is 0 Å². The number of methoxy groups -OCH3 is 1. The Hall–Kier alpha value is -1.59. The minimum atomic E-state index is -4.55. The first-order valence-corrected chi connectivity index (χ1v) is 5.96. The molecule has 16 heavy (non-hydrogen) atoms. The zero-order valence-electron chi connectivity index (χ0n) is 8.51. The molecule has 0 aliphatic rings. The van der Waals surface area contributed by atoms with Crippen LogP contribution >= 0.6 is 0 Å². The topological polar surface area (TPSA) is 66.4 Å². The molecule has 0 atom stereocenters. The zero-order chi connectivity index (χ0) is 11.8. The first-order valence-electron chi connectivity index (χ1n) is 4.55. The van der Waals surface area contributed by atoms with Crippen LogP contribution in [-0.4, -0.2) is 20.1 Å². The third-order valence-electron chi connectivity index (χ3n) is 2.31. The van der Waals surface area contributed by atoms with Crippen molar-refractivity contribution in [3.05, 3.63) is 36.4 Å². The minimum Gasteiger partial charge on any atom is -0.744 e. The molecule has 0 aliphatic heterocycles. The summed E-state index contributed by atoms with van der Waals surface area (Å²) >= 11 is 0. The molecule has 0 aliphatic carbocycles. The molecule has 0 unspecified atom stereocenters. The molecule has 0 bridgehead atoms. The molecule has 2 rings (SSSR count). The second-order valence-corrected chi connectivity index (χ2v) is 4.59. The molecule has 0 radical (unpaired) electrons. The number of rotatable bonds is 2. The van der Waals surface area contributed by atoms with Gasteiger partial charge in [0.25, 0.3) is 0 Å². The minimum absolute atomic E-state index is 0.0775. The van der Waals surface area contributed by atoms with Gasteiger partial charge in [-0.3, -0.25) is 0 Å². The van der Waals surface area contributed by atoms with Crippen LogP contribution in [0.3, 0.4) is 0 Å². The number of hydrogen-bond donors (Lipinski definition) is 0. The summed E-state index contributed by atoms with van der Waals surface area (Å²) in [4.78, 5) is -0.298. The predicted octanol–water partition coefficient (Wildman–Crippen LogP) is 1.75. The van der Waals surface area contributed by atoms with Crippen LogP contribution in [0.15, 0.2) is 41.3 Å². The molecular weight excluding hydrogens is 228 g/mol. The Balaban J connectivity index is 2.95. The van der Waals surface area contributed by atoms with Crippen LogP contribution in [0.5, 0.6) is 5.75 Å². The Labute approximate surface area is 93.2 Å². The van der Waals surface area contributed by atoms with Gasteiger partial charge >= 0.3 is 0 Å². The zero-order valence-corrected chi connectivity index (χ0v) is 9.32. The van der Waals surface area contributed by atoms with Gasteiger partial charge in [-0.05, 0) is 11.5 Å². The van der Waals surface area contributed by atoms with Crippen molar-refractivity contribution < 1.29 is 17.7 Å². The second kappa shape index (κ2) is 3.77. The lowest BCUT2D eigenvalue weighted by Crippen LogP contribution is -2.02. The summed E-state index contributed by atoms with van der Waals surface area (Å²) in [5, 5.41) is 1.08. The van der Waals surface area contributed by atoms with E-state index < -0.39 is 10.1 Å². The van der Waals surface area contributed by atoms with Gasteiger partial charge in [0, 0.05) is 5.39 Å². The Morgan fingerprint density at radius 2 is 1.81 bits per heavy atom. The molecule has 0 saturated carbocycles. The first-order chi connectivity index (χ1) is 7.54. The summed E-state index contributed by atoms with van der Waals surface area (Å²) in [7, 11) is -3.22. The van der Waals surface area contributed by atoms with Crippen LogP contribution in [0.25, 0.3) is 10.8 Å². The first kappa shape index (κ1) is 10.9. The molecule has 0 amide bonds. The lowest BCUT2D eigenvalue weighted by atomic mass is 10.1. The van der Waals surface area contributed by atoms with Gasteiger partial charge in [-0.15, -0.1) is 0 Å². The highest BCUT2D eigenvalue weighted by Gasteiger charge is 2.13. The number of ether oxygens (including phenoxy) is 1. The Morgan fingerprint density at radius 3 is 2.44 bits per heavy atom. The maximum absolute atomic E-state index is 11.2. The number of benzene rings is 2. The predicted molar refractivity (Wildman–Crippen MR) is 58.5 cm³/mol. The van der Waals surface area contributed by atoms with Crippen LogP contribution in [0, 0.1) is 0 Å². The highest BCUT2D eigenvalue weighted by molar-refractivity contribution is 7.86. The molecule has 0 aromatic heterocycles. The van der Waals surface area contributed by atoms with E-state index in [1.165, 1.54) is 13.2 Å². The molecule has 2 aromatic rings. The summed E-state index contributed by atoms with van der Waals surface area (Å²) < 4.78 is 38.5. The summed E-state index contributed by atoms with van der Waals surface area (Å²) in [6, 6.07) is 9.97. The fourth-order valence-corrected chi connectivity index (χ4v) is 2.49. The molecule has 5 heteroatoms. The summed E-state index contributed by atoms with van der Waals surface area (Å²) in [5.41, 5.74) is 0. The molecule has 4 nitrogen and oxygen atoms in total. The van der Waals surface area contributed by atoms with Crippen molar-refractivity contribution in [2.75, 3.05) is 7.11 Å². The Kier molecular flexibility index (Phi) is 2.57. The van der Waals surface area contributed by atoms with Crippen molar-refractivity contribution >= 4 is 20.9 Å². The van der Waals surface area contributed by atoms with E-state index in [0.29, 0.717) is 10.8 Å². The monoisotopic (exact) mass is 237 g/mol. The highest BCUT2D eigenvalue weighted by atomic mass is 32.2. The summed E-state index contributed by atoms with van der Waals surface area (Å²) in [6.07, 6.45) is 0. The van der Waals surface area contributed by atoms with Crippen molar-refractivity contribution in [1.29, 1.82) is 0 Å². The van der Waals surface area contributed by atoms with Gasteiger partial charge in [0.15, 0.2) is 0 Å². The van der Waals surface area contributed by atoms with Gasteiger partial charge in [0.2, 0.25) is 0 Å². The van der Waals surface area contributed by atoms with Crippen LogP contribution in [0.2, 0.25) is 0 Å². The van der Waals surface area contributed by atoms with Gasteiger partial charge in [-0.25, -0.2) is 8.42 Å². The Morgan fingerprint density at radius 1 is 1.12 bits per heavy atom. The van der Waals surface area contributed by atoms with Crippen LogP contribution in [0.1, 0.15) is 0 Å². The van der Waals surface area contributed by atoms with E-state index in [9.17, 15) is 13.0 Å². The van der Waals surface area contributed by atoms with E-state index in [4.69, 9.17) is 4.74 Å². The molecule has 0 N–H and O–H groups in total. The van der Waals surface area contributed by atoms with Gasteiger partial charge in [0.05, 0.1) is 7.11 Å². The quantitative estimate of drug-likeness (QED) is 0.746. The standard InChI is InChI=1S/C11H10O4S/c1-15-10-7-6-8-4-2-3-5-9(8)11(10)16(12,13)14/h2-7H,1H3,(H,12,13,14)/p-1. The number of hydrogen-bond acceptors (Lipinski definition) is 4. The van der Waals surface area contributed by atoms with E-state index in [-0.39, 0.29) is 10.6 Å². The fraction of sp³-hybridized carbons (Fsp3) is 0.0909. The van der Waals surface area contributed by atoms with E-state index >= 15 is 0 Å². The highest BCUT2D eigenvalue weighted by Crippen LogP contribution is 2.31. The lowest BCUT2D eigenvalue weighted by molar-refractivity contribution is 0.397. The van der Waals surface area contributed by atoms with E-state index in [1.54, 1.807) is 30.3 Å².